The molecule has 2 atom stereocenters. The number of rotatable bonds is 8. The molecule has 3 nitrogen and oxygen atoms in total. The van der Waals surface area contributed by atoms with Gasteiger partial charge in [0.15, 0.2) is 0 Å². The van der Waals surface area contributed by atoms with Crippen molar-refractivity contribution in [2.45, 2.75) is 32.4 Å². The zero-order valence-electron chi connectivity index (χ0n) is 11.5. The molecule has 0 aromatic carbocycles. The van der Waals surface area contributed by atoms with Gasteiger partial charge in [0, 0.05) is 36.8 Å². The second-order valence-corrected chi connectivity index (χ2v) is 5.75. The van der Waals surface area contributed by atoms with Crippen molar-refractivity contribution in [2.75, 3.05) is 18.6 Å². The predicted octanol–water partition coefficient (Wildman–Crippen LogP) is 2.48. The first-order chi connectivity index (χ1) is 8.69. The molecule has 0 aliphatic heterocycles. The molecule has 0 amide bonds. The summed E-state index contributed by atoms with van der Waals surface area (Å²) in [4.78, 5) is 4.19. The Morgan fingerprint density at radius 3 is 2.72 bits per heavy atom. The van der Waals surface area contributed by atoms with Crippen molar-refractivity contribution in [3.63, 3.8) is 0 Å². The summed E-state index contributed by atoms with van der Waals surface area (Å²) in [5.41, 5.74) is 1.22. The Kier molecular flexibility index (Phi) is 7.32. The smallest absolute Gasteiger partial charge is 0.0446 e. The zero-order chi connectivity index (χ0) is 13.4. The molecule has 1 rings (SSSR count). The van der Waals surface area contributed by atoms with Crippen LogP contribution in [0.5, 0.6) is 0 Å². The maximum atomic E-state index is 9.12. The maximum Gasteiger partial charge on any atom is 0.0446 e. The number of thioether (sulfide) groups is 1. The first kappa shape index (κ1) is 15.5. The summed E-state index contributed by atoms with van der Waals surface area (Å²) in [5, 5.41) is 12.8. The van der Waals surface area contributed by atoms with Crippen molar-refractivity contribution in [1.82, 2.24) is 10.3 Å². The molecule has 2 unspecified atom stereocenters. The third kappa shape index (κ3) is 4.96. The van der Waals surface area contributed by atoms with Crippen molar-refractivity contribution in [2.24, 2.45) is 5.92 Å². The van der Waals surface area contributed by atoms with E-state index in [1.54, 1.807) is 6.20 Å². The highest BCUT2D eigenvalue weighted by molar-refractivity contribution is 7.98. The van der Waals surface area contributed by atoms with E-state index in [-0.39, 0.29) is 6.61 Å². The minimum atomic E-state index is 0.232. The molecule has 0 bridgehead atoms. The molecule has 1 aromatic rings. The third-order valence-electron chi connectivity index (χ3n) is 2.97. The molecule has 0 spiro atoms. The average molecular weight is 268 g/mol. The van der Waals surface area contributed by atoms with Crippen LogP contribution in [0.25, 0.3) is 0 Å². The molecule has 0 fully saturated rings. The van der Waals surface area contributed by atoms with Crippen LogP contribution in [0.15, 0.2) is 24.5 Å². The first-order valence-electron chi connectivity index (χ1n) is 6.44. The highest BCUT2D eigenvalue weighted by Crippen LogP contribution is 2.22. The molecule has 2 N–H and O–H groups in total. The van der Waals surface area contributed by atoms with Gasteiger partial charge in [-0.05, 0) is 30.2 Å². The molecular weight excluding hydrogens is 244 g/mol. The topological polar surface area (TPSA) is 45.1 Å². The van der Waals surface area contributed by atoms with Crippen LogP contribution in [-0.4, -0.2) is 34.7 Å². The fraction of sp³-hybridized carbons (Fsp3) is 0.643. The van der Waals surface area contributed by atoms with Gasteiger partial charge in [0.05, 0.1) is 0 Å². The largest absolute Gasteiger partial charge is 0.396 e. The van der Waals surface area contributed by atoms with E-state index in [4.69, 9.17) is 5.11 Å². The van der Waals surface area contributed by atoms with Crippen LogP contribution >= 0.6 is 11.8 Å². The summed E-state index contributed by atoms with van der Waals surface area (Å²) in [6.07, 6.45) is 6.62. The Morgan fingerprint density at radius 2 is 2.22 bits per heavy atom. The molecule has 0 saturated heterocycles. The number of nitrogens with zero attached hydrogens (tertiary/aromatic N) is 1. The van der Waals surface area contributed by atoms with Gasteiger partial charge in [-0.3, -0.25) is 4.98 Å². The molecule has 4 heteroatoms. The Bertz CT molecular complexity index is 313. The minimum Gasteiger partial charge on any atom is -0.396 e. The van der Waals surface area contributed by atoms with E-state index >= 15 is 0 Å². The van der Waals surface area contributed by atoms with Crippen molar-refractivity contribution < 1.29 is 5.11 Å². The maximum absolute atomic E-state index is 9.12. The Morgan fingerprint density at radius 1 is 1.44 bits per heavy atom. The molecule has 1 aromatic heterocycles. The predicted molar refractivity (Wildman–Crippen MR) is 78.8 cm³/mol. The van der Waals surface area contributed by atoms with Crippen LogP contribution in [0, 0.1) is 5.92 Å². The summed E-state index contributed by atoms with van der Waals surface area (Å²) in [6, 6.07) is 4.72. The number of hydrogen-bond donors (Lipinski definition) is 2. The SMILES string of the molecule is CSCC(CCO)NC(c1cccnc1)C(C)C. The quantitative estimate of drug-likeness (QED) is 0.760. The number of aromatic nitrogens is 1. The Balaban J connectivity index is 2.73. The van der Waals surface area contributed by atoms with E-state index in [1.807, 2.05) is 24.0 Å². The lowest BCUT2D eigenvalue weighted by Gasteiger charge is -2.28. The molecule has 102 valence electrons. The fourth-order valence-electron chi connectivity index (χ4n) is 2.06. The van der Waals surface area contributed by atoms with E-state index in [9.17, 15) is 0 Å². The van der Waals surface area contributed by atoms with E-state index in [1.165, 1.54) is 5.56 Å². The van der Waals surface area contributed by atoms with Gasteiger partial charge >= 0.3 is 0 Å². The zero-order valence-corrected chi connectivity index (χ0v) is 12.3. The fourth-order valence-corrected chi connectivity index (χ4v) is 2.72. The van der Waals surface area contributed by atoms with Crippen LogP contribution in [0.4, 0.5) is 0 Å². The van der Waals surface area contributed by atoms with E-state index < -0.39 is 0 Å². The summed E-state index contributed by atoms with van der Waals surface area (Å²) >= 11 is 1.81. The highest BCUT2D eigenvalue weighted by atomic mass is 32.2. The van der Waals surface area contributed by atoms with Crippen LogP contribution < -0.4 is 5.32 Å². The number of aliphatic hydroxyl groups is 1. The highest BCUT2D eigenvalue weighted by Gasteiger charge is 2.19. The standard InChI is InChI=1S/C14H24N2OS/c1-11(2)14(12-5-4-7-15-9-12)16-13(6-8-17)10-18-3/h4-5,7,9,11,13-14,16-17H,6,8,10H2,1-3H3. The summed E-state index contributed by atoms with van der Waals surface area (Å²) < 4.78 is 0. The molecule has 0 saturated carbocycles. The minimum absolute atomic E-state index is 0.232. The van der Waals surface area contributed by atoms with Gasteiger partial charge in [0.25, 0.3) is 0 Å². The molecular formula is C14H24N2OS. The number of nitrogens with one attached hydrogen (secondary N) is 1. The molecule has 1 heterocycles. The molecule has 0 radical (unpaired) electrons. The number of aliphatic hydroxyl groups excluding tert-OH is 1. The second kappa shape index (κ2) is 8.51. The number of hydrogen-bond acceptors (Lipinski definition) is 4. The van der Waals surface area contributed by atoms with Crippen molar-refractivity contribution >= 4 is 11.8 Å². The molecule has 18 heavy (non-hydrogen) atoms. The molecule has 0 aliphatic carbocycles. The average Bonchev–Trinajstić information content (AvgIpc) is 2.37. The van der Waals surface area contributed by atoms with Crippen molar-refractivity contribution in [3.8, 4) is 0 Å². The van der Waals surface area contributed by atoms with E-state index in [0.29, 0.717) is 18.0 Å². The van der Waals surface area contributed by atoms with Crippen molar-refractivity contribution in [3.05, 3.63) is 30.1 Å². The van der Waals surface area contributed by atoms with E-state index in [0.717, 1.165) is 12.2 Å². The van der Waals surface area contributed by atoms with Crippen molar-refractivity contribution in [1.29, 1.82) is 0 Å². The normalized spacial score (nSPS) is 14.7. The monoisotopic (exact) mass is 268 g/mol. The lowest BCUT2D eigenvalue weighted by atomic mass is 9.96. The second-order valence-electron chi connectivity index (χ2n) is 4.84. The van der Waals surface area contributed by atoms with Gasteiger partial charge in [-0.2, -0.15) is 11.8 Å². The van der Waals surface area contributed by atoms with Crippen LogP contribution in [0.2, 0.25) is 0 Å². The van der Waals surface area contributed by atoms with Crippen LogP contribution in [0.1, 0.15) is 31.9 Å². The van der Waals surface area contributed by atoms with Gasteiger partial charge in [0.2, 0.25) is 0 Å². The van der Waals surface area contributed by atoms with Gasteiger partial charge < -0.3 is 10.4 Å². The number of pyridine rings is 1. The lowest BCUT2D eigenvalue weighted by molar-refractivity contribution is 0.256. The first-order valence-corrected chi connectivity index (χ1v) is 7.84. The summed E-state index contributed by atoms with van der Waals surface area (Å²) in [6.45, 7) is 4.65. The lowest BCUT2D eigenvalue weighted by Crippen LogP contribution is -2.37. The Hall–Kier alpha value is -0.580. The molecule has 0 aliphatic rings. The van der Waals surface area contributed by atoms with Crippen LogP contribution in [0.3, 0.4) is 0 Å². The summed E-state index contributed by atoms with van der Waals surface area (Å²) in [7, 11) is 0. The van der Waals surface area contributed by atoms with Gasteiger partial charge in [0.1, 0.15) is 0 Å². The summed E-state index contributed by atoms with van der Waals surface area (Å²) in [5.74, 6) is 1.52. The van der Waals surface area contributed by atoms with Crippen LogP contribution in [-0.2, 0) is 0 Å². The van der Waals surface area contributed by atoms with E-state index in [2.05, 4.69) is 36.5 Å². The van der Waals surface area contributed by atoms with Gasteiger partial charge in [-0.15, -0.1) is 0 Å². The van der Waals surface area contributed by atoms with Gasteiger partial charge in [-0.1, -0.05) is 19.9 Å². The Labute approximate surface area is 114 Å². The van der Waals surface area contributed by atoms with Gasteiger partial charge in [-0.25, -0.2) is 0 Å². The third-order valence-corrected chi connectivity index (χ3v) is 3.71.